The molecule has 0 aliphatic rings. The van der Waals surface area contributed by atoms with Crippen LogP contribution in [0.3, 0.4) is 0 Å². The number of thiophene rings is 1. The second kappa shape index (κ2) is 7.33. The first-order valence-electron chi connectivity index (χ1n) is 8.16. The van der Waals surface area contributed by atoms with Gasteiger partial charge < -0.3 is 5.32 Å². The van der Waals surface area contributed by atoms with Crippen molar-refractivity contribution in [2.75, 3.05) is 5.32 Å². The summed E-state index contributed by atoms with van der Waals surface area (Å²) in [6, 6.07) is 17.5. The van der Waals surface area contributed by atoms with Gasteiger partial charge in [0.25, 0.3) is 5.91 Å². The molecule has 3 heterocycles. The van der Waals surface area contributed by atoms with Gasteiger partial charge in [0.15, 0.2) is 0 Å². The highest BCUT2D eigenvalue weighted by atomic mass is 32.1. The third-order valence-corrected chi connectivity index (χ3v) is 4.76. The van der Waals surface area contributed by atoms with Crippen LogP contribution in [0.1, 0.15) is 15.9 Å². The van der Waals surface area contributed by atoms with Gasteiger partial charge in [-0.15, -0.1) is 11.3 Å². The number of amides is 1. The molecule has 0 saturated carbocycles. The molecule has 0 aliphatic carbocycles. The predicted molar refractivity (Wildman–Crippen MR) is 103 cm³/mol. The fourth-order valence-electron chi connectivity index (χ4n) is 2.67. The van der Waals surface area contributed by atoms with Crippen molar-refractivity contribution in [2.45, 2.75) is 6.54 Å². The highest BCUT2D eigenvalue weighted by Gasteiger charge is 2.19. The third kappa shape index (κ3) is 3.55. The third-order valence-electron chi connectivity index (χ3n) is 3.89. The van der Waals surface area contributed by atoms with Gasteiger partial charge >= 0.3 is 0 Å². The van der Waals surface area contributed by atoms with Gasteiger partial charge in [0.1, 0.15) is 5.69 Å². The highest BCUT2D eigenvalue weighted by molar-refractivity contribution is 7.13. The molecule has 0 spiro atoms. The summed E-state index contributed by atoms with van der Waals surface area (Å²) in [6.07, 6.45) is 5.10. The van der Waals surface area contributed by atoms with Gasteiger partial charge in [0.2, 0.25) is 0 Å². The second-order valence-corrected chi connectivity index (χ2v) is 6.69. The van der Waals surface area contributed by atoms with Gasteiger partial charge in [-0.3, -0.25) is 14.5 Å². The van der Waals surface area contributed by atoms with Crippen LogP contribution in [0.25, 0.3) is 10.6 Å². The lowest BCUT2D eigenvalue weighted by Crippen LogP contribution is -2.12. The van der Waals surface area contributed by atoms with E-state index in [1.807, 2.05) is 52.5 Å². The number of benzene rings is 1. The van der Waals surface area contributed by atoms with Crippen molar-refractivity contribution in [3.05, 3.63) is 89.7 Å². The number of carbonyl (C=O) groups is 1. The zero-order valence-electron chi connectivity index (χ0n) is 13.9. The van der Waals surface area contributed by atoms with Crippen LogP contribution in [-0.2, 0) is 6.54 Å². The Morgan fingerprint density at radius 3 is 2.58 bits per heavy atom. The maximum atomic E-state index is 12.8. The monoisotopic (exact) mass is 360 g/mol. The van der Waals surface area contributed by atoms with E-state index in [0.717, 1.165) is 10.4 Å². The Hall–Kier alpha value is -3.25. The molecule has 0 bridgehead atoms. The summed E-state index contributed by atoms with van der Waals surface area (Å²) in [6.45, 7) is 0.613. The van der Waals surface area contributed by atoms with E-state index in [9.17, 15) is 4.79 Å². The summed E-state index contributed by atoms with van der Waals surface area (Å²) in [5.74, 6) is -0.182. The Kier molecular flexibility index (Phi) is 4.57. The Balaban J connectivity index is 1.66. The van der Waals surface area contributed by atoms with E-state index >= 15 is 0 Å². The molecule has 26 heavy (non-hydrogen) atoms. The van der Waals surface area contributed by atoms with Gasteiger partial charge in [0.05, 0.1) is 17.0 Å². The van der Waals surface area contributed by atoms with Crippen LogP contribution >= 0.6 is 11.3 Å². The Morgan fingerprint density at radius 2 is 1.85 bits per heavy atom. The number of hydrogen-bond acceptors (Lipinski definition) is 4. The van der Waals surface area contributed by atoms with E-state index < -0.39 is 0 Å². The minimum absolute atomic E-state index is 0.182. The van der Waals surface area contributed by atoms with E-state index in [2.05, 4.69) is 15.4 Å². The van der Waals surface area contributed by atoms with Gasteiger partial charge in [-0.05, 0) is 29.1 Å². The quantitative estimate of drug-likeness (QED) is 0.577. The van der Waals surface area contributed by atoms with E-state index in [1.165, 1.54) is 0 Å². The van der Waals surface area contributed by atoms with Gasteiger partial charge in [0, 0.05) is 24.3 Å². The van der Waals surface area contributed by atoms with Crippen LogP contribution in [0, 0.1) is 0 Å². The molecule has 1 amide bonds. The minimum atomic E-state index is -0.182. The van der Waals surface area contributed by atoms with E-state index in [-0.39, 0.29) is 5.91 Å². The van der Waals surface area contributed by atoms with E-state index in [1.54, 1.807) is 42.1 Å². The number of hydrogen-bond donors (Lipinski definition) is 1. The molecule has 0 saturated heterocycles. The lowest BCUT2D eigenvalue weighted by molar-refractivity contribution is 0.102. The van der Waals surface area contributed by atoms with Crippen molar-refractivity contribution in [2.24, 2.45) is 0 Å². The normalized spacial score (nSPS) is 10.6. The number of anilines is 1. The number of nitrogens with one attached hydrogen (secondary N) is 1. The summed E-state index contributed by atoms with van der Waals surface area (Å²) in [5.41, 5.74) is 3.09. The summed E-state index contributed by atoms with van der Waals surface area (Å²) < 4.78 is 1.81. The van der Waals surface area contributed by atoms with Crippen molar-refractivity contribution in [1.82, 2.24) is 14.8 Å². The zero-order chi connectivity index (χ0) is 17.8. The van der Waals surface area contributed by atoms with Crippen molar-refractivity contribution >= 4 is 22.9 Å². The molecule has 0 radical (unpaired) electrons. The minimum Gasteiger partial charge on any atom is -0.322 e. The average Bonchev–Trinajstić information content (AvgIpc) is 3.33. The summed E-state index contributed by atoms with van der Waals surface area (Å²) >= 11 is 1.57. The Bertz CT molecular complexity index is 995. The van der Waals surface area contributed by atoms with Gasteiger partial charge in [-0.2, -0.15) is 5.10 Å². The number of aromatic nitrogens is 3. The van der Waals surface area contributed by atoms with Crippen LogP contribution in [-0.4, -0.2) is 20.7 Å². The lowest BCUT2D eigenvalue weighted by Gasteiger charge is -2.04. The number of pyridine rings is 1. The lowest BCUT2D eigenvalue weighted by atomic mass is 10.2. The fraction of sp³-hybridized carbons (Fsp3) is 0.0500. The van der Waals surface area contributed by atoms with Crippen LogP contribution in [0.2, 0.25) is 0 Å². The molecule has 4 aromatic rings. The van der Waals surface area contributed by atoms with Crippen LogP contribution in [0.15, 0.2) is 78.6 Å². The molecule has 0 atom stereocenters. The van der Waals surface area contributed by atoms with E-state index in [0.29, 0.717) is 23.5 Å². The van der Waals surface area contributed by atoms with E-state index in [4.69, 9.17) is 0 Å². The predicted octanol–water partition coefficient (Wildman–Crippen LogP) is 4.31. The van der Waals surface area contributed by atoms with Crippen LogP contribution in [0.4, 0.5) is 5.69 Å². The van der Waals surface area contributed by atoms with Gasteiger partial charge in [-0.1, -0.05) is 36.4 Å². The summed E-state index contributed by atoms with van der Waals surface area (Å²) in [5, 5.41) is 9.56. The summed E-state index contributed by atoms with van der Waals surface area (Å²) in [4.78, 5) is 17.8. The average molecular weight is 360 g/mol. The first kappa shape index (κ1) is 16.2. The molecule has 6 heteroatoms. The maximum Gasteiger partial charge on any atom is 0.259 e. The van der Waals surface area contributed by atoms with Crippen molar-refractivity contribution in [3.8, 4) is 10.6 Å². The molecular formula is C20H16N4OS. The smallest absolute Gasteiger partial charge is 0.259 e. The summed E-state index contributed by atoms with van der Waals surface area (Å²) in [7, 11) is 0. The number of nitrogens with zero attached hydrogens (tertiary/aromatic N) is 3. The van der Waals surface area contributed by atoms with Crippen molar-refractivity contribution < 1.29 is 4.79 Å². The molecule has 3 aromatic heterocycles. The first-order chi connectivity index (χ1) is 12.8. The maximum absolute atomic E-state index is 12.8. The molecule has 128 valence electrons. The van der Waals surface area contributed by atoms with Crippen molar-refractivity contribution in [1.29, 1.82) is 0 Å². The topological polar surface area (TPSA) is 59.8 Å². The fourth-order valence-corrected chi connectivity index (χ4v) is 3.39. The molecule has 0 aliphatic heterocycles. The SMILES string of the molecule is O=C(Nc1ccncc1)c1cn(Cc2ccccc2)nc1-c1cccs1. The van der Waals surface area contributed by atoms with Crippen molar-refractivity contribution in [3.63, 3.8) is 0 Å². The largest absolute Gasteiger partial charge is 0.322 e. The molecule has 5 nitrogen and oxygen atoms in total. The molecule has 4 rings (SSSR count). The highest BCUT2D eigenvalue weighted by Crippen LogP contribution is 2.27. The number of rotatable bonds is 5. The first-order valence-corrected chi connectivity index (χ1v) is 9.04. The van der Waals surface area contributed by atoms with Crippen LogP contribution in [0.5, 0.6) is 0 Å². The standard InChI is InChI=1S/C20H16N4OS/c25-20(22-16-8-10-21-11-9-16)17-14-24(13-15-5-2-1-3-6-15)23-19(17)18-7-4-12-26-18/h1-12,14H,13H2,(H,21,22,25). The molecule has 1 aromatic carbocycles. The molecule has 0 fully saturated rings. The Labute approximate surface area is 155 Å². The molecule has 1 N–H and O–H groups in total. The molecule has 0 unspecified atom stereocenters. The van der Waals surface area contributed by atoms with Gasteiger partial charge in [-0.25, -0.2) is 0 Å². The molecular weight excluding hydrogens is 344 g/mol. The number of carbonyl (C=O) groups excluding carboxylic acids is 1. The van der Waals surface area contributed by atoms with Crippen LogP contribution < -0.4 is 5.32 Å². The second-order valence-electron chi connectivity index (χ2n) is 5.74. The zero-order valence-corrected chi connectivity index (χ0v) is 14.7. The Morgan fingerprint density at radius 1 is 1.04 bits per heavy atom.